The van der Waals surface area contributed by atoms with Crippen LogP contribution in [0.15, 0.2) is 28.6 Å². The zero-order valence-corrected chi connectivity index (χ0v) is 15.0. The minimum atomic E-state index is 0.0178. The van der Waals surface area contributed by atoms with E-state index in [0.29, 0.717) is 10.9 Å². The van der Waals surface area contributed by atoms with Crippen molar-refractivity contribution in [3.05, 3.63) is 24.3 Å². The highest BCUT2D eigenvalue weighted by Gasteiger charge is 2.10. The van der Waals surface area contributed by atoms with Crippen molar-refractivity contribution >= 4 is 39.8 Å². The number of amides is 1. The predicted octanol–water partition coefficient (Wildman–Crippen LogP) is 3.30. The number of nitrogens with one attached hydrogen (secondary N) is 2. The topological polar surface area (TPSA) is 76.1 Å². The van der Waals surface area contributed by atoms with E-state index in [4.69, 9.17) is 4.74 Å². The van der Waals surface area contributed by atoms with Crippen LogP contribution in [0.25, 0.3) is 0 Å². The maximum atomic E-state index is 11.7. The molecule has 2 rings (SSSR count). The summed E-state index contributed by atoms with van der Waals surface area (Å²) in [6.07, 6.45) is 0.922. The highest BCUT2D eigenvalue weighted by molar-refractivity contribution is 8.01. The first kappa shape index (κ1) is 17.6. The fourth-order valence-corrected chi connectivity index (χ4v) is 3.25. The van der Waals surface area contributed by atoms with Crippen LogP contribution in [0.2, 0.25) is 0 Å². The Morgan fingerprint density at radius 2 is 2.09 bits per heavy atom. The number of carbonyl (C=O) groups excluding carboxylic acids is 1. The maximum Gasteiger partial charge on any atom is 0.230 e. The molecular weight excluding hydrogens is 332 g/mol. The first-order valence-corrected chi connectivity index (χ1v) is 9.07. The third-order valence-corrected chi connectivity index (χ3v) is 5.07. The molecule has 1 aromatic carbocycles. The van der Waals surface area contributed by atoms with Crippen molar-refractivity contribution in [3.8, 4) is 5.75 Å². The molecular formula is C15H20N4O2S2. The van der Waals surface area contributed by atoms with Crippen LogP contribution in [-0.4, -0.2) is 35.0 Å². The monoisotopic (exact) mass is 352 g/mol. The Labute approximate surface area is 144 Å². The van der Waals surface area contributed by atoms with Crippen molar-refractivity contribution in [1.82, 2.24) is 15.5 Å². The van der Waals surface area contributed by atoms with Gasteiger partial charge in [-0.05, 0) is 37.6 Å². The molecule has 8 heteroatoms. The fourth-order valence-electron chi connectivity index (χ4n) is 1.66. The molecule has 0 radical (unpaired) electrons. The number of carbonyl (C=O) groups is 1. The van der Waals surface area contributed by atoms with E-state index >= 15 is 0 Å². The van der Waals surface area contributed by atoms with Gasteiger partial charge in [0.15, 0.2) is 4.34 Å². The van der Waals surface area contributed by atoms with Crippen LogP contribution in [0.3, 0.4) is 0 Å². The van der Waals surface area contributed by atoms with Crippen molar-refractivity contribution in [1.29, 1.82) is 0 Å². The fraction of sp³-hybridized carbons (Fsp3) is 0.400. The lowest BCUT2D eigenvalue weighted by Gasteiger charge is -2.09. The summed E-state index contributed by atoms with van der Waals surface area (Å²) in [6, 6.07) is 7.76. The molecule has 0 aliphatic carbocycles. The van der Waals surface area contributed by atoms with E-state index in [2.05, 4.69) is 20.8 Å². The normalized spacial score (nSPS) is 11.8. The van der Waals surface area contributed by atoms with Gasteiger partial charge < -0.3 is 15.4 Å². The van der Waals surface area contributed by atoms with E-state index in [1.54, 1.807) is 7.11 Å². The lowest BCUT2D eigenvalue weighted by molar-refractivity contribution is -0.119. The number of aromatic nitrogens is 2. The highest BCUT2D eigenvalue weighted by atomic mass is 32.2. The molecule has 6 nitrogen and oxygen atoms in total. The van der Waals surface area contributed by atoms with Gasteiger partial charge in [-0.1, -0.05) is 30.0 Å². The number of hydrogen-bond donors (Lipinski definition) is 2. The SMILES string of the molecule is CC[C@H](C)NC(=O)CSc1nnc(Nc2ccc(OC)cc2)s1. The molecule has 1 aromatic heterocycles. The average Bonchev–Trinajstić information content (AvgIpc) is 3.01. The van der Waals surface area contributed by atoms with Crippen molar-refractivity contribution in [2.45, 2.75) is 30.6 Å². The largest absolute Gasteiger partial charge is 0.497 e. The van der Waals surface area contributed by atoms with E-state index in [0.717, 1.165) is 22.2 Å². The van der Waals surface area contributed by atoms with E-state index in [1.807, 2.05) is 38.1 Å². The summed E-state index contributed by atoms with van der Waals surface area (Å²) in [4.78, 5) is 11.7. The average molecular weight is 352 g/mol. The van der Waals surface area contributed by atoms with Crippen molar-refractivity contribution < 1.29 is 9.53 Å². The third-order valence-electron chi connectivity index (χ3n) is 3.09. The molecule has 0 aliphatic rings. The van der Waals surface area contributed by atoms with Gasteiger partial charge in [0.05, 0.1) is 12.9 Å². The Kier molecular flexibility index (Phi) is 6.66. The quantitative estimate of drug-likeness (QED) is 0.710. The van der Waals surface area contributed by atoms with Gasteiger partial charge in [-0.25, -0.2) is 0 Å². The highest BCUT2D eigenvalue weighted by Crippen LogP contribution is 2.28. The molecule has 0 saturated carbocycles. The number of thioether (sulfide) groups is 1. The standard InChI is InChI=1S/C15H20N4O2S2/c1-4-10(2)16-13(20)9-22-15-19-18-14(23-15)17-11-5-7-12(21-3)8-6-11/h5-8,10H,4,9H2,1-3H3,(H,16,20)(H,17,18)/t10-/m0/s1. The zero-order valence-electron chi connectivity index (χ0n) is 13.3. The molecule has 23 heavy (non-hydrogen) atoms. The molecule has 0 spiro atoms. The summed E-state index contributed by atoms with van der Waals surface area (Å²) in [5, 5.41) is 15.0. The number of benzene rings is 1. The Balaban J connectivity index is 1.84. The lowest BCUT2D eigenvalue weighted by atomic mass is 10.3. The van der Waals surface area contributed by atoms with Gasteiger partial charge in [0.2, 0.25) is 11.0 Å². The number of methoxy groups -OCH3 is 1. The van der Waals surface area contributed by atoms with E-state index in [1.165, 1.54) is 23.1 Å². The minimum absolute atomic E-state index is 0.0178. The molecule has 0 saturated heterocycles. The van der Waals surface area contributed by atoms with E-state index in [-0.39, 0.29) is 11.9 Å². The number of anilines is 2. The first-order valence-electron chi connectivity index (χ1n) is 7.27. The Morgan fingerprint density at radius 1 is 1.35 bits per heavy atom. The molecule has 0 fully saturated rings. The predicted molar refractivity (Wildman–Crippen MR) is 94.8 cm³/mol. The summed E-state index contributed by atoms with van der Waals surface area (Å²) in [6.45, 7) is 4.03. The Bertz CT molecular complexity index is 631. The third kappa shape index (κ3) is 5.72. The second-order valence-electron chi connectivity index (χ2n) is 4.89. The molecule has 1 amide bonds. The molecule has 124 valence electrons. The molecule has 0 bridgehead atoms. The van der Waals surface area contributed by atoms with Crippen molar-refractivity contribution in [2.75, 3.05) is 18.2 Å². The first-order chi connectivity index (χ1) is 11.1. The van der Waals surface area contributed by atoms with Crippen LogP contribution >= 0.6 is 23.1 Å². The second kappa shape index (κ2) is 8.73. The zero-order chi connectivity index (χ0) is 16.7. The van der Waals surface area contributed by atoms with Gasteiger partial charge in [0.25, 0.3) is 0 Å². The van der Waals surface area contributed by atoms with Crippen molar-refractivity contribution in [3.63, 3.8) is 0 Å². The Morgan fingerprint density at radius 3 is 2.74 bits per heavy atom. The smallest absolute Gasteiger partial charge is 0.230 e. The van der Waals surface area contributed by atoms with Gasteiger partial charge in [0, 0.05) is 11.7 Å². The van der Waals surface area contributed by atoms with E-state index in [9.17, 15) is 4.79 Å². The molecule has 2 N–H and O–H groups in total. The minimum Gasteiger partial charge on any atom is -0.497 e. The van der Waals surface area contributed by atoms with Crippen LogP contribution in [0, 0.1) is 0 Å². The van der Waals surface area contributed by atoms with Crippen LogP contribution in [0.4, 0.5) is 10.8 Å². The van der Waals surface area contributed by atoms with Gasteiger partial charge in [-0.3, -0.25) is 4.79 Å². The van der Waals surface area contributed by atoms with Gasteiger partial charge in [-0.2, -0.15) is 0 Å². The van der Waals surface area contributed by atoms with Gasteiger partial charge in [0.1, 0.15) is 5.75 Å². The molecule has 1 atom stereocenters. The van der Waals surface area contributed by atoms with Gasteiger partial charge >= 0.3 is 0 Å². The molecule has 0 aliphatic heterocycles. The van der Waals surface area contributed by atoms with Crippen LogP contribution < -0.4 is 15.4 Å². The number of ether oxygens (including phenoxy) is 1. The Hall–Kier alpha value is -1.80. The molecule has 1 heterocycles. The summed E-state index contributed by atoms with van der Waals surface area (Å²) in [7, 11) is 1.63. The van der Waals surface area contributed by atoms with Crippen LogP contribution in [0.5, 0.6) is 5.75 Å². The molecule has 0 unspecified atom stereocenters. The summed E-state index contributed by atoms with van der Waals surface area (Å²) in [5.74, 6) is 1.17. The second-order valence-corrected chi connectivity index (χ2v) is 7.09. The van der Waals surface area contributed by atoms with Crippen LogP contribution in [0.1, 0.15) is 20.3 Å². The number of nitrogens with zero attached hydrogens (tertiary/aromatic N) is 2. The van der Waals surface area contributed by atoms with Crippen molar-refractivity contribution in [2.24, 2.45) is 0 Å². The molecule has 2 aromatic rings. The lowest BCUT2D eigenvalue weighted by Crippen LogP contribution is -2.33. The summed E-state index contributed by atoms with van der Waals surface area (Å²) in [5.41, 5.74) is 0.910. The number of hydrogen-bond acceptors (Lipinski definition) is 7. The van der Waals surface area contributed by atoms with E-state index < -0.39 is 0 Å². The van der Waals surface area contributed by atoms with Crippen LogP contribution in [-0.2, 0) is 4.79 Å². The van der Waals surface area contributed by atoms with Gasteiger partial charge in [-0.15, -0.1) is 10.2 Å². The summed E-state index contributed by atoms with van der Waals surface area (Å²) >= 11 is 2.81. The number of rotatable bonds is 8. The maximum absolute atomic E-state index is 11.7. The summed E-state index contributed by atoms with van der Waals surface area (Å²) < 4.78 is 5.88.